The minimum Gasteiger partial charge on any atom is -0.324 e. The van der Waals surface area contributed by atoms with Crippen molar-refractivity contribution in [3.05, 3.63) is 53.1 Å². The fourth-order valence-corrected chi connectivity index (χ4v) is 4.22. The van der Waals surface area contributed by atoms with E-state index in [0.29, 0.717) is 17.3 Å². The van der Waals surface area contributed by atoms with Gasteiger partial charge in [-0.2, -0.15) is 0 Å². The van der Waals surface area contributed by atoms with Crippen molar-refractivity contribution in [2.45, 2.75) is 30.4 Å². The molecular weight excluding hydrogens is 356 g/mol. The number of hydrogen-bond donors (Lipinski definition) is 1. The molecule has 1 aliphatic rings. The second kappa shape index (κ2) is 6.73. The lowest BCUT2D eigenvalue weighted by atomic mass is 10.1. The van der Waals surface area contributed by atoms with Crippen LogP contribution >= 0.6 is 23.4 Å². The first-order valence-electron chi connectivity index (χ1n) is 8.05. The van der Waals surface area contributed by atoms with Crippen LogP contribution in [0.1, 0.15) is 19.4 Å². The fourth-order valence-electron chi connectivity index (χ4n) is 2.84. The van der Waals surface area contributed by atoms with Crippen molar-refractivity contribution in [1.29, 1.82) is 0 Å². The van der Waals surface area contributed by atoms with Crippen LogP contribution in [0, 0.1) is 6.92 Å². The first kappa shape index (κ1) is 17.8. The molecule has 0 bridgehead atoms. The molecule has 2 aromatic rings. The highest BCUT2D eigenvalue weighted by Crippen LogP contribution is 2.45. The highest BCUT2D eigenvalue weighted by Gasteiger charge is 2.48. The third-order valence-electron chi connectivity index (χ3n) is 4.39. The monoisotopic (exact) mass is 374 g/mol. The molecule has 1 aliphatic heterocycles. The average molecular weight is 375 g/mol. The average Bonchev–Trinajstić information content (AvgIpc) is 2.60. The first-order chi connectivity index (χ1) is 11.9. The van der Waals surface area contributed by atoms with Crippen molar-refractivity contribution in [3.63, 3.8) is 0 Å². The molecule has 0 fully saturated rings. The predicted molar refractivity (Wildman–Crippen MR) is 104 cm³/mol. The molecule has 0 aromatic heterocycles. The van der Waals surface area contributed by atoms with Crippen LogP contribution in [0.15, 0.2) is 47.4 Å². The van der Waals surface area contributed by atoms with Crippen LogP contribution in [-0.2, 0) is 9.59 Å². The van der Waals surface area contributed by atoms with E-state index in [2.05, 4.69) is 5.32 Å². The van der Waals surface area contributed by atoms with Crippen LogP contribution < -0.4 is 10.2 Å². The van der Waals surface area contributed by atoms with Gasteiger partial charge in [0.25, 0.3) is 5.91 Å². The van der Waals surface area contributed by atoms with Crippen molar-refractivity contribution in [2.75, 3.05) is 16.8 Å². The molecule has 2 amide bonds. The van der Waals surface area contributed by atoms with Gasteiger partial charge in [-0.25, -0.2) is 0 Å². The fraction of sp³-hybridized carbons (Fsp3) is 0.263. The Morgan fingerprint density at radius 2 is 1.96 bits per heavy atom. The molecule has 130 valence electrons. The van der Waals surface area contributed by atoms with Crippen molar-refractivity contribution in [3.8, 4) is 0 Å². The molecule has 6 heteroatoms. The van der Waals surface area contributed by atoms with Gasteiger partial charge in [0.05, 0.1) is 5.69 Å². The number of amides is 2. The number of halogens is 1. The maximum atomic E-state index is 13.0. The van der Waals surface area contributed by atoms with Gasteiger partial charge in [0.15, 0.2) is 4.75 Å². The normalized spacial score (nSPS) is 19.5. The molecule has 3 rings (SSSR count). The number of hydrogen-bond acceptors (Lipinski definition) is 3. The molecule has 0 saturated heterocycles. The molecule has 1 N–H and O–H groups in total. The summed E-state index contributed by atoms with van der Waals surface area (Å²) in [4.78, 5) is 28.6. The van der Waals surface area contributed by atoms with Gasteiger partial charge >= 0.3 is 0 Å². The summed E-state index contributed by atoms with van der Waals surface area (Å²) < 4.78 is -1.24. The molecule has 0 spiro atoms. The van der Waals surface area contributed by atoms with Crippen molar-refractivity contribution < 1.29 is 9.59 Å². The smallest absolute Gasteiger partial charge is 0.252 e. The summed E-state index contributed by atoms with van der Waals surface area (Å²) in [5.41, 5.74) is 2.25. The standard InChI is InChI=1S/C19H19ClN2O2S/c1-4-22-15-10-5-6-11-16(15)25-19(3,18(22)24)17(23)21-14-9-7-8-13(20)12(14)2/h5-11H,4H2,1-3H3,(H,21,23). The molecule has 2 aromatic carbocycles. The van der Waals surface area contributed by atoms with Crippen LogP contribution in [0.4, 0.5) is 11.4 Å². The lowest BCUT2D eigenvalue weighted by Gasteiger charge is -2.38. The Kier molecular flexibility index (Phi) is 4.80. The number of benzene rings is 2. The highest BCUT2D eigenvalue weighted by atomic mass is 35.5. The predicted octanol–water partition coefficient (Wildman–Crippen LogP) is 4.50. The van der Waals surface area contributed by atoms with E-state index in [-0.39, 0.29) is 11.8 Å². The molecule has 0 radical (unpaired) electrons. The molecular formula is C19H19ClN2O2S. The Morgan fingerprint density at radius 3 is 2.68 bits per heavy atom. The number of thioether (sulfide) groups is 1. The summed E-state index contributed by atoms with van der Waals surface area (Å²) in [7, 11) is 0. The van der Waals surface area contributed by atoms with Gasteiger partial charge in [0, 0.05) is 22.2 Å². The van der Waals surface area contributed by atoms with Gasteiger partial charge in [0.2, 0.25) is 5.91 Å². The second-order valence-corrected chi connectivity index (χ2v) is 7.89. The van der Waals surface area contributed by atoms with Gasteiger partial charge in [-0.1, -0.05) is 41.6 Å². The largest absolute Gasteiger partial charge is 0.324 e. The van der Waals surface area contributed by atoms with E-state index in [9.17, 15) is 9.59 Å². The van der Waals surface area contributed by atoms with Crippen molar-refractivity contribution >= 4 is 46.6 Å². The number of nitrogens with one attached hydrogen (secondary N) is 1. The summed E-state index contributed by atoms with van der Waals surface area (Å²) >= 11 is 7.42. The van der Waals surface area contributed by atoms with Gasteiger partial charge < -0.3 is 10.2 Å². The zero-order chi connectivity index (χ0) is 18.2. The number of nitrogens with zero attached hydrogens (tertiary/aromatic N) is 1. The summed E-state index contributed by atoms with van der Waals surface area (Å²) in [6, 6.07) is 13.0. The summed E-state index contributed by atoms with van der Waals surface area (Å²) in [6.07, 6.45) is 0. The molecule has 25 heavy (non-hydrogen) atoms. The third-order valence-corrected chi connectivity index (χ3v) is 6.13. The molecule has 0 saturated carbocycles. The second-order valence-electron chi connectivity index (χ2n) is 6.02. The molecule has 4 nitrogen and oxygen atoms in total. The molecule has 1 heterocycles. The lowest BCUT2D eigenvalue weighted by Crippen LogP contribution is -2.54. The minimum absolute atomic E-state index is 0.212. The maximum Gasteiger partial charge on any atom is 0.252 e. The SMILES string of the molecule is CCN1C(=O)C(C)(C(=O)Nc2cccc(Cl)c2C)Sc2ccccc21. The zero-order valence-corrected chi connectivity index (χ0v) is 15.9. The number of carbonyl (C=O) groups is 2. The third kappa shape index (κ3) is 3.02. The summed E-state index contributed by atoms with van der Waals surface area (Å²) in [5.74, 6) is -0.559. The first-order valence-corrected chi connectivity index (χ1v) is 9.24. The van der Waals surface area contributed by atoms with Crippen LogP contribution in [0.2, 0.25) is 5.02 Å². The number of fused-ring (bicyclic) bond motifs is 1. The Bertz CT molecular complexity index is 855. The quantitative estimate of drug-likeness (QED) is 0.804. The lowest BCUT2D eigenvalue weighted by molar-refractivity contribution is -0.128. The summed E-state index contributed by atoms with van der Waals surface area (Å²) in [5, 5.41) is 3.45. The van der Waals surface area contributed by atoms with E-state index < -0.39 is 4.75 Å². The van der Waals surface area contributed by atoms with E-state index in [1.165, 1.54) is 11.8 Å². The zero-order valence-electron chi connectivity index (χ0n) is 14.3. The number of para-hydroxylation sites is 1. The minimum atomic E-state index is -1.24. The Morgan fingerprint density at radius 1 is 1.24 bits per heavy atom. The number of carbonyl (C=O) groups excluding carboxylic acids is 2. The van der Waals surface area contributed by atoms with E-state index in [4.69, 9.17) is 11.6 Å². The van der Waals surface area contributed by atoms with Crippen LogP contribution in [0.3, 0.4) is 0 Å². The number of anilines is 2. The Labute approximate surface area is 156 Å². The molecule has 1 unspecified atom stereocenters. The molecule has 0 aliphatic carbocycles. The maximum absolute atomic E-state index is 13.0. The van der Waals surface area contributed by atoms with Crippen LogP contribution in [0.25, 0.3) is 0 Å². The van der Waals surface area contributed by atoms with E-state index in [1.54, 1.807) is 30.0 Å². The van der Waals surface area contributed by atoms with E-state index in [1.807, 2.05) is 38.1 Å². The van der Waals surface area contributed by atoms with Gasteiger partial charge in [0.1, 0.15) is 0 Å². The van der Waals surface area contributed by atoms with Crippen molar-refractivity contribution in [2.24, 2.45) is 0 Å². The van der Waals surface area contributed by atoms with Gasteiger partial charge in [-0.15, -0.1) is 0 Å². The van der Waals surface area contributed by atoms with Crippen molar-refractivity contribution in [1.82, 2.24) is 0 Å². The number of rotatable bonds is 3. The van der Waals surface area contributed by atoms with E-state index >= 15 is 0 Å². The van der Waals surface area contributed by atoms with E-state index in [0.717, 1.165) is 16.1 Å². The van der Waals surface area contributed by atoms with Gasteiger partial charge in [-0.3, -0.25) is 9.59 Å². The topological polar surface area (TPSA) is 49.4 Å². The highest BCUT2D eigenvalue weighted by molar-refractivity contribution is 8.02. The van der Waals surface area contributed by atoms with Gasteiger partial charge in [-0.05, 0) is 50.6 Å². The summed E-state index contributed by atoms with van der Waals surface area (Å²) in [6.45, 7) is 5.93. The Balaban J connectivity index is 1.96. The van der Waals surface area contributed by atoms with Crippen LogP contribution in [0.5, 0.6) is 0 Å². The molecule has 1 atom stereocenters. The Hall–Kier alpha value is -1.98. The van der Waals surface area contributed by atoms with Crippen LogP contribution in [-0.4, -0.2) is 23.1 Å².